The predicted octanol–water partition coefficient (Wildman–Crippen LogP) is 13.8. The Bertz CT molecular complexity index is 2800. The molecule has 8 aromatic carbocycles. The molecule has 1 aromatic heterocycles. The molecule has 0 fully saturated rings. The third-order valence-corrected chi connectivity index (χ3v) is 10.9. The van der Waals surface area contributed by atoms with Crippen molar-refractivity contribution in [2.75, 3.05) is 4.90 Å². The van der Waals surface area contributed by atoms with Gasteiger partial charge < -0.3 is 9.32 Å². The Morgan fingerprint density at radius 1 is 0.453 bits per heavy atom. The number of hydrogen-bond acceptors (Lipinski definition) is 3. The lowest BCUT2D eigenvalue weighted by molar-refractivity contribution is 0.623. The normalized spacial score (nSPS) is 12.9. The third-order valence-electron chi connectivity index (χ3n) is 10.9. The van der Waals surface area contributed by atoms with Gasteiger partial charge in [-0.05, 0) is 117 Å². The highest BCUT2D eigenvalue weighted by molar-refractivity contribution is 6.05. The molecule has 0 bridgehead atoms. The summed E-state index contributed by atoms with van der Waals surface area (Å²) < 4.78 is 6.32. The predicted molar refractivity (Wildman–Crippen MR) is 220 cm³/mol. The van der Waals surface area contributed by atoms with E-state index in [9.17, 15) is 0 Å². The van der Waals surface area contributed by atoms with Gasteiger partial charge in [0.2, 0.25) is 5.89 Å². The molecule has 0 aliphatic heterocycles. The Hall–Kier alpha value is -6.71. The van der Waals surface area contributed by atoms with E-state index in [1.54, 1.807) is 0 Å². The monoisotopic (exact) mass is 680 g/mol. The summed E-state index contributed by atoms with van der Waals surface area (Å²) in [4.78, 5) is 7.16. The summed E-state index contributed by atoms with van der Waals surface area (Å²) >= 11 is 0. The molecule has 0 atom stereocenters. The number of oxazole rings is 1. The fourth-order valence-electron chi connectivity index (χ4n) is 8.15. The lowest BCUT2D eigenvalue weighted by Crippen LogP contribution is -2.15. The van der Waals surface area contributed by atoms with Gasteiger partial charge in [-0.2, -0.15) is 0 Å². The fraction of sp³-hybridized carbons (Fsp3) is 0.0600. The molecule has 1 aliphatic rings. The number of nitrogens with zero attached hydrogens (tertiary/aromatic N) is 2. The van der Waals surface area contributed by atoms with Crippen molar-refractivity contribution in [2.24, 2.45) is 0 Å². The molecule has 10 rings (SSSR count). The van der Waals surface area contributed by atoms with E-state index in [0.717, 1.165) is 55.6 Å². The van der Waals surface area contributed by atoms with Gasteiger partial charge in [-0.15, -0.1) is 0 Å². The molecule has 0 saturated carbocycles. The van der Waals surface area contributed by atoms with E-state index in [1.165, 1.54) is 33.4 Å². The number of anilines is 3. The number of benzene rings is 8. The van der Waals surface area contributed by atoms with E-state index < -0.39 is 0 Å². The van der Waals surface area contributed by atoms with Crippen LogP contribution in [0.15, 0.2) is 186 Å². The van der Waals surface area contributed by atoms with E-state index >= 15 is 0 Å². The summed E-state index contributed by atoms with van der Waals surface area (Å²) in [6.45, 7) is 4.67. The summed E-state index contributed by atoms with van der Waals surface area (Å²) in [5.41, 5.74) is 16.0. The Kier molecular flexibility index (Phi) is 7.16. The van der Waals surface area contributed by atoms with Crippen LogP contribution in [0, 0.1) is 0 Å². The van der Waals surface area contributed by atoms with E-state index in [4.69, 9.17) is 9.40 Å². The second-order valence-corrected chi connectivity index (χ2v) is 14.4. The molecule has 3 heteroatoms. The molecule has 3 nitrogen and oxygen atoms in total. The van der Waals surface area contributed by atoms with Gasteiger partial charge in [0.15, 0.2) is 5.58 Å². The Balaban J connectivity index is 1.05. The third kappa shape index (κ3) is 5.24. The molecule has 1 heterocycles. The van der Waals surface area contributed by atoms with Crippen molar-refractivity contribution in [1.29, 1.82) is 0 Å². The minimum Gasteiger partial charge on any atom is -0.435 e. The van der Waals surface area contributed by atoms with Crippen LogP contribution >= 0.6 is 0 Å². The second kappa shape index (κ2) is 12.2. The van der Waals surface area contributed by atoms with Gasteiger partial charge in [0.1, 0.15) is 5.52 Å². The molecular formula is C50H36N2O. The van der Waals surface area contributed by atoms with Crippen molar-refractivity contribution < 1.29 is 4.42 Å². The smallest absolute Gasteiger partial charge is 0.227 e. The molecule has 0 amide bonds. The molecule has 53 heavy (non-hydrogen) atoms. The number of aromatic nitrogens is 1. The summed E-state index contributed by atoms with van der Waals surface area (Å²) in [6, 6.07) is 65.1. The van der Waals surface area contributed by atoms with Gasteiger partial charge in [0, 0.05) is 33.4 Å². The molecule has 0 spiro atoms. The van der Waals surface area contributed by atoms with Crippen LogP contribution in [-0.4, -0.2) is 4.98 Å². The zero-order valence-corrected chi connectivity index (χ0v) is 29.6. The minimum atomic E-state index is -0.0482. The highest BCUT2D eigenvalue weighted by Gasteiger charge is 2.35. The maximum absolute atomic E-state index is 6.32. The van der Waals surface area contributed by atoms with E-state index in [0.29, 0.717) is 5.89 Å². The summed E-state index contributed by atoms with van der Waals surface area (Å²) in [5, 5.41) is 2.18. The van der Waals surface area contributed by atoms with E-state index in [-0.39, 0.29) is 5.41 Å². The topological polar surface area (TPSA) is 29.3 Å². The van der Waals surface area contributed by atoms with Gasteiger partial charge >= 0.3 is 0 Å². The van der Waals surface area contributed by atoms with Crippen LogP contribution in [0.25, 0.3) is 66.7 Å². The van der Waals surface area contributed by atoms with E-state index in [2.05, 4.69) is 170 Å². The van der Waals surface area contributed by atoms with Crippen molar-refractivity contribution in [1.82, 2.24) is 4.98 Å². The first-order valence-corrected chi connectivity index (χ1v) is 18.2. The van der Waals surface area contributed by atoms with Crippen LogP contribution in [0.3, 0.4) is 0 Å². The molecule has 0 saturated heterocycles. The maximum Gasteiger partial charge on any atom is 0.227 e. The van der Waals surface area contributed by atoms with Gasteiger partial charge in [-0.25, -0.2) is 4.98 Å². The second-order valence-electron chi connectivity index (χ2n) is 14.4. The van der Waals surface area contributed by atoms with Gasteiger partial charge in [-0.1, -0.05) is 129 Å². The SMILES string of the molecule is CC1(C)c2ccccc2-c2cc(N(c3ccc(-c4ccc5c(ccc6nc(-c7ccccc7)oc65)c4)cc3)c3cccc(-c4ccccc4)c3)ccc21. The average Bonchev–Trinajstić information content (AvgIpc) is 3.76. The number of rotatable bonds is 6. The average molecular weight is 681 g/mol. The first-order chi connectivity index (χ1) is 26.0. The Labute approximate surface area is 309 Å². The van der Waals surface area contributed by atoms with Crippen molar-refractivity contribution in [2.45, 2.75) is 19.3 Å². The number of hydrogen-bond donors (Lipinski definition) is 0. The highest BCUT2D eigenvalue weighted by Crippen LogP contribution is 2.50. The van der Waals surface area contributed by atoms with Crippen LogP contribution in [-0.2, 0) is 5.41 Å². The molecule has 1 aliphatic carbocycles. The maximum atomic E-state index is 6.32. The molecule has 0 radical (unpaired) electrons. The van der Waals surface area contributed by atoms with Crippen LogP contribution in [0.1, 0.15) is 25.0 Å². The van der Waals surface area contributed by atoms with Crippen molar-refractivity contribution in [3.8, 4) is 44.8 Å². The Morgan fingerprint density at radius 2 is 1.08 bits per heavy atom. The zero-order valence-electron chi connectivity index (χ0n) is 29.6. The van der Waals surface area contributed by atoms with Gasteiger partial charge in [0.25, 0.3) is 0 Å². The first kappa shape index (κ1) is 31.1. The fourth-order valence-corrected chi connectivity index (χ4v) is 8.15. The molecular weight excluding hydrogens is 645 g/mol. The standard InChI is InChI=1S/C50H36N2O/c1-50(2)45-19-10-9-18-43(45)44-32-41(26-28-46(44)50)52(40-17-11-16-36(31-40)33-12-5-3-6-13-33)39-24-20-34(21-25-39)37-22-27-42-38(30-37)23-29-47-48(42)53-49(51-47)35-14-7-4-8-15-35/h3-32H,1-2H3. The number of fused-ring (bicyclic) bond motifs is 6. The lowest BCUT2D eigenvalue weighted by atomic mass is 9.82. The highest BCUT2D eigenvalue weighted by atomic mass is 16.3. The van der Waals surface area contributed by atoms with Crippen LogP contribution in [0.2, 0.25) is 0 Å². The quantitative estimate of drug-likeness (QED) is 0.175. The van der Waals surface area contributed by atoms with E-state index in [1.807, 2.05) is 30.3 Å². The molecule has 0 unspecified atom stereocenters. The first-order valence-electron chi connectivity index (χ1n) is 18.2. The van der Waals surface area contributed by atoms with Crippen LogP contribution in [0.4, 0.5) is 17.1 Å². The largest absolute Gasteiger partial charge is 0.435 e. The summed E-state index contributed by atoms with van der Waals surface area (Å²) in [7, 11) is 0. The zero-order chi connectivity index (χ0) is 35.5. The Morgan fingerprint density at radius 3 is 1.89 bits per heavy atom. The molecule has 252 valence electrons. The lowest BCUT2D eigenvalue weighted by Gasteiger charge is -2.28. The summed E-state index contributed by atoms with van der Waals surface area (Å²) in [6.07, 6.45) is 0. The summed E-state index contributed by atoms with van der Waals surface area (Å²) in [5.74, 6) is 0.642. The van der Waals surface area contributed by atoms with Crippen LogP contribution in [0.5, 0.6) is 0 Å². The molecule has 0 N–H and O–H groups in total. The van der Waals surface area contributed by atoms with Crippen molar-refractivity contribution >= 4 is 38.9 Å². The minimum absolute atomic E-state index is 0.0482. The van der Waals surface area contributed by atoms with Gasteiger partial charge in [-0.3, -0.25) is 0 Å². The van der Waals surface area contributed by atoms with Crippen LogP contribution < -0.4 is 4.90 Å². The van der Waals surface area contributed by atoms with Gasteiger partial charge in [0.05, 0.1) is 0 Å². The van der Waals surface area contributed by atoms with Crippen molar-refractivity contribution in [3.63, 3.8) is 0 Å². The molecule has 9 aromatic rings. The van der Waals surface area contributed by atoms with Crippen molar-refractivity contribution in [3.05, 3.63) is 193 Å².